The summed E-state index contributed by atoms with van der Waals surface area (Å²) < 4.78 is 0. The Hall–Kier alpha value is -1.61. The van der Waals surface area contributed by atoms with Crippen molar-refractivity contribution in [2.75, 3.05) is 13.6 Å². The first kappa shape index (κ1) is 12.8. The Morgan fingerprint density at radius 1 is 1.56 bits per heavy atom. The number of hydrogen-bond acceptors (Lipinski definition) is 4. The van der Waals surface area contributed by atoms with Gasteiger partial charge in [-0.05, 0) is 25.2 Å². The normalized spacial score (nSPS) is 31.6. The van der Waals surface area contributed by atoms with E-state index in [0.29, 0.717) is 13.0 Å². The van der Waals surface area contributed by atoms with Crippen molar-refractivity contribution < 1.29 is 9.59 Å². The van der Waals surface area contributed by atoms with E-state index in [-0.39, 0.29) is 29.7 Å². The molecule has 1 saturated heterocycles. The number of hydrogen-bond donors (Lipinski definition) is 2. The van der Waals surface area contributed by atoms with Crippen molar-refractivity contribution in [1.82, 2.24) is 10.2 Å². The molecule has 1 aliphatic heterocycles. The van der Waals surface area contributed by atoms with Crippen LogP contribution in [0.25, 0.3) is 0 Å². The van der Waals surface area contributed by atoms with Gasteiger partial charge < -0.3 is 16.0 Å². The lowest BCUT2D eigenvalue weighted by atomic mass is 10.1. The molecular formula is C12H18N4O2. The highest BCUT2D eigenvalue weighted by Gasteiger charge is 2.50. The number of nitrogens with two attached hydrogens (primary N) is 1. The van der Waals surface area contributed by atoms with Gasteiger partial charge in [0.05, 0.1) is 12.1 Å². The second kappa shape index (κ2) is 4.94. The van der Waals surface area contributed by atoms with Gasteiger partial charge in [-0.2, -0.15) is 5.26 Å². The summed E-state index contributed by atoms with van der Waals surface area (Å²) in [5.74, 6) is -0.452. The fraction of sp³-hybridized carbons (Fsp3) is 0.750. The van der Waals surface area contributed by atoms with Crippen LogP contribution in [-0.4, -0.2) is 42.4 Å². The monoisotopic (exact) mass is 250 g/mol. The van der Waals surface area contributed by atoms with E-state index in [1.807, 2.05) is 0 Å². The van der Waals surface area contributed by atoms with E-state index in [9.17, 15) is 9.59 Å². The lowest BCUT2D eigenvalue weighted by Gasteiger charge is -2.23. The van der Waals surface area contributed by atoms with E-state index in [1.165, 1.54) is 0 Å². The molecule has 0 aromatic carbocycles. The molecule has 2 fully saturated rings. The van der Waals surface area contributed by atoms with Crippen molar-refractivity contribution in [3.05, 3.63) is 0 Å². The number of nitrogens with one attached hydrogen (secondary N) is 1. The van der Waals surface area contributed by atoms with Crippen molar-refractivity contribution in [3.8, 4) is 6.07 Å². The van der Waals surface area contributed by atoms with E-state index >= 15 is 0 Å². The van der Waals surface area contributed by atoms with Gasteiger partial charge in [0.2, 0.25) is 11.8 Å². The fourth-order valence-corrected chi connectivity index (χ4v) is 2.64. The molecule has 0 spiro atoms. The largest absolute Gasteiger partial charge is 0.359 e. The van der Waals surface area contributed by atoms with Crippen LogP contribution in [0.2, 0.25) is 0 Å². The van der Waals surface area contributed by atoms with Crippen LogP contribution in [0.5, 0.6) is 0 Å². The number of nitriles is 1. The van der Waals surface area contributed by atoms with Crippen LogP contribution < -0.4 is 11.1 Å². The van der Waals surface area contributed by atoms with E-state index in [1.54, 1.807) is 11.9 Å². The minimum absolute atomic E-state index is 0.0542. The predicted molar refractivity (Wildman–Crippen MR) is 64.0 cm³/mol. The van der Waals surface area contributed by atoms with Gasteiger partial charge in [0.25, 0.3) is 0 Å². The molecule has 98 valence electrons. The molecule has 1 saturated carbocycles. The Morgan fingerprint density at radius 2 is 2.28 bits per heavy atom. The van der Waals surface area contributed by atoms with Crippen molar-refractivity contribution in [3.63, 3.8) is 0 Å². The Morgan fingerprint density at radius 3 is 2.89 bits per heavy atom. The summed E-state index contributed by atoms with van der Waals surface area (Å²) in [6, 6.07) is 1.13. The van der Waals surface area contributed by atoms with Crippen LogP contribution in [0.1, 0.15) is 19.3 Å². The minimum atomic E-state index is -0.652. The van der Waals surface area contributed by atoms with Crippen molar-refractivity contribution in [2.24, 2.45) is 17.6 Å². The van der Waals surface area contributed by atoms with Gasteiger partial charge in [-0.15, -0.1) is 0 Å². The predicted octanol–water partition coefficient (Wildman–Crippen LogP) is -0.790. The molecule has 0 radical (unpaired) electrons. The van der Waals surface area contributed by atoms with Gasteiger partial charge in [0.1, 0.15) is 6.04 Å². The maximum Gasteiger partial charge on any atom is 0.240 e. The molecule has 2 aliphatic rings. The molecule has 18 heavy (non-hydrogen) atoms. The Balaban J connectivity index is 1.95. The van der Waals surface area contributed by atoms with Crippen molar-refractivity contribution in [2.45, 2.75) is 31.3 Å². The summed E-state index contributed by atoms with van der Waals surface area (Å²) in [5, 5.41) is 11.5. The first-order valence-corrected chi connectivity index (χ1v) is 6.27. The standard InChI is InChI=1S/C12H18N4O2/c1-15-11(17)9-5-8(9)10(14)12(18)16-4-2-3-7(16)6-13/h7-10H,2-5,14H2,1H3,(H,15,17)/t7?,8?,9?,10-/m1/s1. The van der Waals surface area contributed by atoms with E-state index < -0.39 is 6.04 Å². The third-order valence-electron chi connectivity index (χ3n) is 3.85. The summed E-state index contributed by atoms with van der Waals surface area (Å²) in [6.07, 6.45) is 2.23. The molecule has 2 amide bonds. The number of nitrogens with zero attached hydrogens (tertiary/aromatic N) is 2. The van der Waals surface area contributed by atoms with Gasteiger partial charge >= 0.3 is 0 Å². The smallest absolute Gasteiger partial charge is 0.240 e. The molecule has 1 aliphatic carbocycles. The van der Waals surface area contributed by atoms with Crippen molar-refractivity contribution in [1.29, 1.82) is 5.26 Å². The molecule has 3 unspecified atom stereocenters. The number of carbonyl (C=O) groups is 2. The lowest BCUT2D eigenvalue weighted by molar-refractivity contribution is -0.133. The Bertz CT molecular complexity index is 403. The number of rotatable bonds is 3. The third kappa shape index (κ3) is 2.18. The minimum Gasteiger partial charge on any atom is -0.359 e. The number of carbonyl (C=O) groups excluding carboxylic acids is 2. The van der Waals surface area contributed by atoms with Crippen LogP contribution >= 0.6 is 0 Å². The molecule has 6 heteroatoms. The zero-order valence-corrected chi connectivity index (χ0v) is 10.4. The van der Waals surface area contributed by atoms with Gasteiger partial charge in [-0.25, -0.2) is 0 Å². The van der Waals surface area contributed by atoms with Crippen LogP contribution in [0.3, 0.4) is 0 Å². The molecule has 2 rings (SSSR count). The second-order valence-electron chi connectivity index (χ2n) is 4.96. The SMILES string of the molecule is CNC(=O)C1CC1[C@@H](N)C(=O)N1CCCC1C#N. The highest BCUT2D eigenvalue weighted by atomic mass is 16.2. The van der Waals surface area contributed by atoms with Crippen LogP contribution in [0.4, 0.5) is 0 Å². The zero-order chi connectivity index (χ0) is 13.3. The molecule has 0 aromatic rings. The van der Waals surface area contributed by atoms with Gasteiger partial charge in [-0.3, -0.25) is 9.59 Å². The highest BCUT2D eigenvalue weighted by molar-refractivity contribution is 5.87. The van der Waals surface area contributed by atoms with E-state index in [2.05, 4.69) is 11.4 Å². The molecule has 4 atom stereocenters. The highest BCUT2D eigenvalue weighted by Crippen LogP contribution is 2.41. The lowest BCUT2D eigenvalue weighted by Crippen LogP contribution is -2.47. The van der Waals surface area contributed by atoms with Gasteiger partial charge in [0, 0.05) is 19.5 Å². The summed E-state index contributed by atoms with van der Waals surface area (Å²) in [4.78, 5) is 25.1. The molecule has 3 N–H and O–H groups in total. The first-order valence-electron chi connectivity index (χ1n) is 6.27. The quantitative estimate of drug-likeness (QED) is 0.685. The number of likely N-dealkylation sites (tertiary alicyclic amines) is 1. The van der Waals surface area contributed by atoms with Crippen molar-refractivity contribution >= 4 is 11.8 Å². The zero-order valence-electron chi connectivity index (χ0n) is 10.4. The summed E-state index contributed by atoms with van der Waals surface area (Å²) in [6.45, 7) is 0.599. The summed E-state index contributed by atoms with van der Waals surface area (Å²) >= 11 is 0. The molecule has 0 bridgehead atoms. The molecule has 0 aromatic heterocycles. The van der Waals surface area contributed by atoms with Crippen LogP contribution in [0, 0.1) is 23.2 Å². The molecule has 6 nitrogen and oxygen atoms in total. The van der Waals surface area contributed by atoms with Gasteiger partial charge in [-0.1, -0.05) is 0 Å². The Kier molecular flexibility index (Phi) is 3.53. The van der Waals surface area contributed by atoms with Crippen LogP contribution in [-0.2, 0) is 9.59 Å². The maximum atomic E-state index is 12.2. The topological polar surface area (TPSA) is 99.2 Å². The third-order valence-corrected chi connectivity index (χ3v) is 3.85. The average Bonchev–Trinajstić information content (AvgIpc) is 3.05. The maximum absolute atomic E-state index is 12.2. The van der Waals surface area contributed by atoms with E-state index in [4.69, 9.17) is 11.0 Å². The fourth-order valence-electron chi connectivity index (χ4n) is 2.64. The second-order valence-corrected chi connectivity index (χ2v) is 4.96. The van der Waals surface area contributed by atoms with Crippen LogP contribution in [0.15, 0.2) is 0 Å². The Labute approximate surface area is 106 Å². The summed E-state index contributed by atoms with van der Waals surface area (Å²) in [7, 11) is 1.58. The summed E-state index contributed by atoms with van der Waals surface area (Å²) in [5.41, 5.74) is 5.92. The van der Waals surface area contributed by atoms with Gasteiger partial charge in [0.15, 0.2) is 0 Å². The molecule has 1 heterocycles. The first-order chi connectivity index (χ1) is 8.60. The number of amides is 2. The average molecular weight is 250 g/mol. The van der Waals surface area contributed by atoms with E-state index in [0.717, 1.165) is 12.8 Å². The molecular weight excluding hydrogens is 232 g/mol.